The third-order valence-corrected chi connectivity index (χ3v) is 7.84. The molecule has 1 aliphatic rings. The van der Waals surface area contributed by atoms with Crippen molar-refractivity contribution < 1.29 is 9.47 Å². The molecule has 2 atom stereocenters. The Bertz CT molecular complexity index is 1500. The minimum absolute atomic E-state index is 0.145. The summed E-state index contributed by atoms with van der Waals surface area (Å²) in [5, 5.41) is 4.70. The van der Waals surface area contributed by atoms with E-state index < -0.39 is 0 Å². The molecular formula is C31H33ClN4O2S. The van der Waals surface area contributed by atoms with Crippen LogP contribution in [0.25, 0.3) is 5.69 Å². The third kappa shape index (κ3) is 5.26. The lowest BCUT2D eigenvalue weighted by Gasteiger charge is -2.28. The highest BCUT2D eigenvalue weighted by Crippen LogP contribution is 2.45. The Balaban J connectivity index is 1.62. The summed E-state index contributed by atoms with van der Waals surface area (Å²) in [6.07, 6.45) is 1.82. The van der Waals surface area contributed by atoms with Crippen LogP contribution in [0.2, 0.25) is 5.02 Å². The van der Waals surface area contributed by atoms with Crippen LogP contribution in [0.3, 0.4) is 0 Å². The van der Waals surface area contributed by atoms with Crippen LogP contribution in [-0.4, -0.2) is 35.0 Å². The number of rotatable bonds is 8. The van der Waals surface area contributed by atoms with Crippen LogP contribution >= 0.6 is 23.8 Å². The molecule has 1 fully saturated rings. The average molecular weight is 561 g/mol. The number of nitrogens with zero attached hydrogens (tertiary/aromatic N) is 3. The molecule has 6 nitrogen and oxygen atoms in total. The van der Waals surface area contributed by atoms with Gasteiger partial charge in [0.15, 0.2) is 5.11 Å². The SMILES string of the molecule is COCCOc1ccc(N2C(=S)N[C@@H](c3ccccn3)[C@@H]2c2cc(C)n(-c3cc(C)ccc3C)c2C)cc1Cl. The molecule has 0 aliphatic carbocycles. The van der Waals surface area contributed by atoms with E-state index in [9.17, 15) is 0 Å². The van der Waals surface area contributed by atoms with E-state index in [4.69, 9.17) is 38.3 Å². The van der Waals surface area contributed by atoms with Crippen molar-refractivity contribution in [2.24, 2.45) is 0 Å². The fraction of sp³-hybridized carbons (Fsp3) is 0.290. The maximum atomic E-state index is 6.68. The number of benzene rings is 2. The Kier molecular flexibility index (Phi) is 7.93. The van der Waals surface area contributed by atoms with Gasteiger partial charge in [0.05, 0.1) is 29.4 Å². The molecule has 202 valence electrons. The summed E-state index contributed by atoms with van der Waals surface area (Å²) in [5.41, 5.74) is 8.94. The van der Waals surface area contributed by atoms with Crippen LogP contribution in [0.4, 0.5) is 5.69 Å². The molecule has 0 amide bonds. The molecule has 1 saturated heterocycles. The minimum Gasteiger partial charge on any atom is -0.490 e. The normalized spacial score (nSPS) is 17.0. The van der Waals surface area contributed by atoms with Gasteiger partial charge in [-0.25, -0.2) is 0 Å². The molecule has 8 heteroatoms. The summed E-state index contributed by atoms with van der Waals surface area (Å²) in [5.74, 6) is 0.612. The molecule has 4 aromatic rings. The van der Waals surface area contributed by atoms with Crippen LogP contribution in [0.1, 0.15) is 45.9 Å². The van der Waals surface area contributed by atoms with Gasteiger partial charge < -0.3 is 24.3 Å². The molecular weight excluding hydrogens is 528 g/mol. The third-order valence-electron chi connectivity index (χ3n) is 7.23. The van der Waals surface area contributed by atoms with Crippen molar-refractivity contribution in [3.63, 3.8) is 0 Å². The van der Waals surface area contributed by atoms with Gasteiger partial charge >= 0.3 is 0 Å². The Labute approximate surface area is 240 Å². The van der Waals surface area contributed by atoms with Gasteiger partial charge in [0, 0.05) is 36.1 Å². The smallest absolute Gasteiger partial charge is 0.174 e. The van der Waals surface area contributed by atoms with Gasteiger partial charge in [-0.3, -0.25) is 4.98 Å². The first-order valence-electron chi connectivity index (χ1n) is 13.0. The molecule has 2 aromatic heterocycles. The van der Waals surface area contributed by atoms with E-state index in [1.165, 1.54) is 22.4 Å². The molecule has 3 heterocycles. The molecule has 0 unspecified atom stereocenters. The van der Waals surface area contributed by atoms with Crippen molar-refractivity contribution >= 4 is 34.6 Å². The molecule has 0 spiro atoms. The summed E-state index contributed by atoms with van der Waals surface area (Å²) in [4.78, 5) is 6.85. The summed E-state index contributed by atoms with van der Waals surface area (Å²) < 4.78 is 13.2. The Morgan fingerprint density at radius 1 is 1.00 bits per heavy atom. The molecule has 39 heavy (non-hydrogen) atoms. The standard InChI is InChI=1S/C31H33ClN4O2S/c1-19-9-10-20(2)27(16-19)35-21(3)17-24(22(35)4)30-29(26-8-6-7-13-33-26)34-31(39)36(30)23-11-12-28(25(32)18-23)38-15-14-37-5/h6-13,16-18,29-30H,14-15H2,1-5H3,(H,34,39)/t29-,30-/m0/s1. The number of aromatic nitrogens is 2. The van der Waals surface area contributed by atoms with Crippen molar-refractivity contribution in [1.29, 1.82) is 0 Å². The fourth-order valence-corrected chi connectivity index (χ4v) is 5.93. The van der Waals surface area contributed by atoms with Gasteiger partial charge in [-0.15, -0.1) is 0 Å². The zero-order valence-electron chi connectivity index (χ0n) is 22.9. The monoisotopic (exact) mass is 560 g/mol. The van der Waals surface area contributed by atoms with Crippen molar-refractivity contribution in [1.82, 2.24) is 14.9 Å². The molecule has 1 N–H and O–H groups in total. The number of pyridine rings is 1. The number of hydrogen-bond donors (Lipinski definition) is 1. The zero-order valence-corrected chi connectivity index (χ0v) is 24.4. The highest BCUT2D eigenvalue weighted by Gasteiger charge is 2.42. The number of thiocarbonyl (C=S) groups is 1. The number of hydrogen-bond acceptors (Lipinski definition) is 4. The van der Waals surface area contributed by atoms with Crippen molar-refractivity contribution in [2.75, 3.05) is 25.2 Å². The summed E-state index contributed by atoms with van der Waals surface area (Å²) in [6, 6.07) is 20.3. The summed E-state index contributed by atoms with van der Waals surface area (Å²) in [6.45, 7) is 9.53. The van der Waals surface area contributed by atoms with Gasteiger partial charge in [0.2, 0.25) is 0 Å². The average Bonchev–Trinajstić information content (AvgIpc) is 3.42. The van der Waals surface area contributed by atoms with E-state index in [0.717, 1.165) is 22.8 Å². The van der Waals surface area contributed by atoms with E-state index in [-0.39, 0.29) is 12.1 Å². The van der Waals surface area contributed by atoms with Crippen LogP contribution in [0.15, 0.2) is 66.9 Å². The largest absolute Gasteiger partial charge is 0.490 e. The second kappa shape index (κ2) is 11.4. The minimum atomic E-state index is -0.150. The summed E-state index contributed by atoms with van der Waals surface area (Å²) in [7, 11) is 1.64. The second-order valence-corrected chi connectivity index (χ2v) is 10.7. The van der Waals surface area contributed by atoms with Gasteiger partial charge in [0.25, 0.3) is 0 Å². The molecule has 0 radical (unpaired) electrons. The number of nitrogens with one attached hydrogen (secondary N) is 1. The van der Waals surface area contributed by atoms with Crippen molar-refractivity contribution in [3.8, 4) is 11.4 Å². The molecule has 2 aromatic carbocycles. The lowest BCUT2D eigenvalue weighted by atomic mass is 9.96. The van der Waals surface area contributed by atoms with Gasteiger partial charge in [-0.05, 0) is 99.1 Å². The fourth-order valence-electron chi connectivity index (χ4n) is 5.36. The van der Waals surface area contributed by atoms with Gasteiger partial charge in [-0.1, -0.05) is 29.8 Å². The number of aryl methyl sites for hydroxylation is 3. The van der Waals surface area contributed by atoms with Gasteiger partial charge in [-0.2, -0.15) is 0 Å². The topological polar surface area (TPSA) is 51.6 Å². The number of anilines is 1. The van der Waals surface area contributed by atoms with Crippen LogP contribution in [0, 0.1) is 27.7 Å². The first-order valence-corrected chi connectivity index (χ1v) is 13.8. The van der Waals surface area contributed by atoms with E-state index >= 15 is 0 Å². The van der Waals surface area contributed by atoms with Gasteiger partial charge in [0.1, 0.15) is 12.4 Å². The number of ether oxygens (including phenoxy) is 2. The predicted molar refractivity (Wildman–Crippen MR) is 161 cm³/mol. The molecule has 0 bridgehead atoms. The quantitative estimate of drug-likeness (QED) is 0.186. The second-order valence-electron chi connectivity index (χ2n) is 9.90. The van der Waals surface area contributed by atoms with E-state index in [1.54, 1.807) is 7.11 Å². The van der Waals surface area contributed by atoms with E-state index in [1.807, 2.05) is 42.6 Å². The Hall–Kier alpha value is -3.39. The van der Waals surface area contributed by atoms with E-state index in [0.29, 0.717) is 29.1 Å². The van der Waals surface area contributed by atoms with Crippen molar-refractivity contribution in [3.05, 3.63) is 106 Å². The molecule has 5 rings (SSSR count). The number of methoxy groups -OCH3 is 1. The maximum absolute atomic E-state index is 6.68. The first-order chi connectivity index (χ1) is 18.8. The highest BCUT2D eigenvalue weighted by molar-refractivity contribution is 7.80. The maximum Gasteiger partial charge on any atom is 0.174 e. The highest BCUT2D eigenvalue weighted by atomic mass is 35.5. The molecule has 0 saturated carbocycles. The van der Waals surface area contributed by atoms with Crippen LogP contribution in [-0.2, 0) is 4.74 Å². The zero-order chi connectivity index (χ0) is 27.7. The Morgan fingerprint density at radius 2 is 1.82 bits per heavy atom. The molecule has 1 aliphatic heterocycles. The van der Waals surface area contributed by atoms with E-state index in [2.05, 4.69) is 66.7 Å². The predicted octanol–water partition coefficient (Wildman–Crippen LogP) is 6.96. The lowest BCUT2D eigenvalue weighted by Crippen LogP contribution is -2.29. The van der Waals surface area contributed by atoms with Crippen LogP contribution in [0.5, 0.6) is 5.75 Å². The lowest BCUT2D eigenvalue weighted by molar-refractivity contribution is 0.146. The van der Waals surface area contributed by atoms with Crippen LogP contribution < -0.4 is 15.0 Å². The van der Waals surface area contributed by atoms with Crippen molar-refractivity contribution in [2.45, 2.75) is 39.8 Å². The first kappa shape index (κ1) is 27.2. The Morgan fingerprint density at radius 3 is 2.54 bits per heavy atom. The summed E-state index contributed by atoms with van der Waals surface area (Å²) >= 11 is 12.6. The number of halogens is 1.